The third kappa shape index (κ3) is 12.2. The second-order valence-electron chi connectivity index (χ2n) is 12.4. The summed E-state index contributed by atoms with van der Waals surface area (Å²) in [4.78, 5) is 50.5. The van der Waals surface area contributed by atoms with Crippen LogP contribution in [0.15, 0.2) is 109 Å². The number of hydrogen-bond acceptors (Lipinski definition) is 10. The van der Waals surface area contributed by atoms with Gasteiger partial charge in [0.25, 0.3) is 0 Å². The molecule has 0 N–H and O–H groups in total. The lowest BCUT2D eigenvalue weighted by Crippen LogP contribution is -2.35. The van der Waals surface area contributed by atoms with Crippen LogP contribution in [0.5, 0.6) is 28.7 Å². The first-order chi connectivity index (χ1) is 25.1. The molecule has 0 amide bonds. The van der Waals surface area contributed by atoms with Crippen molar-refractivity contribution in [2.75, 3.05) is 20.3 Å². The van der Waals surface area contributed by atoms with Crippen LogP contribution in [0.1, 0.15) is 62.4 Å². The highest BCUT2D eigenvalue weighted by Crippen LogP contribution is 2.33. The zero-order valence-corrected chi connectivity index (χ0v) is 29.9. The fraction of sp³-hybridized carbons (Fsp3) is 0.286. The number of rotatable bonds is 18. The number of hydrogen-bond donors (Lipinski definition) is 0. The minimum absolute atomic E-state index is 0.217. The molecule has 4 aromatic rings. The average molecular weight is 709 g/mol. The summed E-state index contributed by atoms with van der Waals surface area (Å²) in [5.41, 5.74) is 0.332. The summed E-state index contributed by atoms with van der Waals surface area (Å²) in [5, 5.41) is 0. The van der Waals surface area contributed by atoms with E-state index in [1.807, 2.05) is 37.3 Å². The predicted molar refractivity (Wildman–Crippen MR) is 195 cm³/mol. The lowest BCUT2D eigenvalue weighted by Gasteiger charge is -2.28. The molecule has 0 saturated heterocycles. The molecule has 2 atom stereocenters. The van der Waals surface area contributed by atoms with Gasteiger partial charge in [0.2, 0.25) is 0 Å². The Hall–Kier alpha value is -5.90. The second kappa shape index (κ2) is 19.5. The van der Waals surface area contributed by atoms with Crippen LogP contribution in [-0.2, 0) is 19.1 Å². The number of unbranched alkanes of at least 4 members (excludes halogenated alkanes) is 1. The van der Waals surface area contributed by atoms with E-state index in [1.54, 1.807) is 99.8 Å². The highest BCUT2D eigenvalue weighted by molar-refractivity contribution is 5.91. The second-order valence-corrected chi connectivity index (χ2v) is 12.4. The van der Waals surface area contributed by atoms with Crippen LogP contribution in [0.3, 0.4) is 0 Å². The summed E-state index contributed by atoms with van der Waals surface area (Å²) in [7, 11) is 1.56. The van der Waals surface area contributed by atoms with Gasteiger partial charge in [0.1, 0.15) is 28.7 Å². The Morgan fingerprint density at radius 3 is 1.87 bits per heavy atom. The highest BCUT2D eigenvalue weighted by atomic mass is 16.5. The number of methoxy groups -OCH3 is 1. The van der Waals surface area contributed by atoms with Crippen LogP contribution in [0.4, 0.5) is 0 Å². The number of esters is 4. The van der Waals surface area contributed by atoms with Gasteiger partial charge in [-0.1, -0.05) is 44.2 Å². The molecule has 4 rings (SSSR count). The first-order valence-electron chi connectivity index (χ1n) is 17.1. The smallest absolute Gasteiger partial charge is 0.343 e. The molecule has 0 radical (unpaired) electrons. The minimum atomic E-state index is -0.929. The molecule has 10 nitrogen and oxygen atoms in total. The van der Waals surface area contributed by atoms with Gasteiger partial charge in [-0.2, -0.15) is 0 Å². The van der Waals surface area contributed by atoms with E-state index in [0.717, 1.165) is 5.56 Å². The molecule has 0 aromatic heterocycles. The van der Waals surface area contributed by atoms with Gasteiger partial charge in [0, 0.05) is 6.08 Å². The van der Waals surface area contributed by atoms with Crippen molar-refractivity contribution in [2.45, 2.75) is 46.5 Å². The SMILES string of the molecule is CCC(C)(CC(C)C(=O)OCCCCOc1ccc(C(=O)Oc2ccc(OC)cc2)cc1)C(=O)Oc1ccc(OC(=O)/C=C/c2ccccc2)cc1. The van der Waals surface area contributed by atoms with Crippen LogP contribution >= 0.6 is 0 Å². The van der Waals surface area contributed by atoms with Crippen LogP contribution in [0.2, 0.25) is 0 Å². The molecule has 52 heavy (non-hydrogen) atoms. The van der Waals surface area contributed by atoms with Gasteiger partial charge in [-0.15, -0.1) is 0 Å². The van der Waals surface area contributed by atoms with Crippen molar-refractivity contribution in [3.05, 3.63) is 120 Å². The molecule has 0 spiro atoms. The standard InChI is InChI=1S/C42H44O10/c1-5-42(3,41(46)52-37-24-22-35(23-25-37)50-38(43)26-13-31-11-7-6-8-12-31)29-30(2)39(44)49-28-10-9-27-48-34-16-14-32(15-17-34)40(45)51-36-20-18-33(47-4)19-21-36/h6-8,11-26,30H,5,9-10,27-29H2,1-4H3/b26-13+. The molecule has 0 heterocycles. The first kappa shape index (κ1) is 38.9. The third-order valence-corrected chi connectivity index (χ3v) is 8.31. The molecule has 2 unspecified atom stereocenters. The molecule has 0 saturated carbocycles. The summed E-state index contributed by atoms with van der Waals surface area (Å²) < 4.78 is 32.7. The Morgan fingerprint density at radius 2 is 1.25 bits per heavy atom. The van der Waals surface area contributed by atoms with Gasteiger partial charge in [0.05, 0.1) is 37.2 Å². The monoisotopic (exact) mass is 708 g/mol. The molecule has 10 heteroatoms. The Morgan fingerprint density at radius 1 is 0.692 bits per heavy atom. The average Bonchev–Trinajstić information content (AvgIpc) is 3.16. The molecule has 0 bridgehead atoms. The van der Waals surface area contributed by atoms with Crippen LogP contribution < -0.4 is 23.7 Å². The summed E-state index contributed by atoms with van der Waals surface area (Å²) in [6, 6.07) is 29.0. The van der Waals surface area contributed by atoms with Crippen LogP contribution in [-0.4, -0.2) is 44.2 Å². The Labute approximate surface area is 304 Å². The Kier molecular flexibility index (Phi) is 14.6. The lowest BCUT2D eigenvalue weighted by molar-refractivity contribution is -0.152. The van der Waals surface area contributed by atoms with Crippen molar-refractivity contribution in [1.29, 1.82) is 0 Å². The van der Waals surface area contributed by atoms with Crippen molar-refractivity contribution in [2.24, 2.45) is 11.3 Å². The minimum Gasteiger partial charge on any atom is -0.497 e. The maximum Gasteiger partial charge on any atom is 0.343 e. The van der Waals surface area contributed by atoms with E-state index in [-0.39, 0.29) is 13.0 Å². The van der Waals surface area contributed by atoms with E-state index in [0.29, 0.717) is 60.2 Å². The van der Waals surface area contributed by atoms with E-state index >= 15 is 0 Å². The highest BCUT2D eigenvalue weighted by Gasteiger charge is 2.37. The maximum absolute atomic E-state index is 13.2. The van der Waals surface area contributed by atoms with Crippen molar-refractivity contribution < 1.29 is 47.6 Å². The van der Waals surface area contributed by atoms with Crippen molar-refractivity contribution in [3.8, 4) is 28.7 Å². The fourth-order valence-electron chi connectivity index (χ4n) is 5.02. The van der Waals surface area contributed by atoms with E-state index in [2.05, 4.69) is 0 Å². The van der Waals surface area contributed by atoms with Gasteiger partial charge >= 0.3 is 23.9 Å². The Balaban J connectivity index is 1.13. The fourth-order valence-corrected chi connectivity index (χ4v) is 5.02. The summed E-state index contributed by atoms with van der Waals surface area (Å²) >= 11 is 0. The van der Waals surface area contributed by atoms with Crippen molar-refractivity contribution in [3.63, 3.8) is 0 Å². The maximum atomic E-state index is 13.2. The van der Waals surface area contributed by atoms with Gasteiger partial charge < -0.3 is 28.4 Å². The largest absolute Gasteiger partial charge is 0.497 e. The van der Waals surface area contributed by atoms with E-state index < -0.39 is 35.2 Å². The molecule has 0 aliphatic rings. The first-order valence-corrected chi connectivity index (χ1v) is 17.1. The number of carbonyl (C=O) groups excluding carboxylic acids is 4. The number of carbonyl (C=O) groups is 4. The topological polar surface area (TPSA) is 124 Å². The summed E-state index contributed by atoms with van der Waals surface area (Å²) in [5.74, 6) is -0.120. The van der Waals surface area contributed by atoms with Crippen LogP contribution in [0, 0.1) is 11.3 Å². The molecular weight excluding hydrogens is 664 g/mol. The predicted octanol–water partition coefficient (Wildman–Crippen LogP) is 8.28. The van der Waals surface area contributed by atoms with Gasteiger partial charge in [-0.25, -0.2) is 9.59 Å². The molecule has 0 fully saturated rings. The molecule has 0 aliphatic heterocycles. The summed E-state index contributed by atoms with van der Waals surface area (Å²) in [6.45, 7) is 5.99. The van der Waals surface area contributed by atoms with Gasteiger partial charge in [-0.3, -0.25) is 9.59 Å². The zero-order valence-electron chi connectivity index (χ0n) is 29.9. The van der Waals surface area contributed by atoms with Crippen molar-refractivity contribution >= 4 is 30.0 Å². The quantitative estimate of drug-likeness (QED) is 0.0432. The lowest BCUT2D eigenvalue weighted by atomic mass is 9.79. The van der Waals surface area contributed by atoms with Crippen molar-refractivity contribution in [1.82, 2.24) is 0 Å². The van der Waals surface area contributed by atoms with Gasteiger partial charge in [0.15, 0.2) is 0 Å². The number of ether oxygens (including phenoxy) is 6. The van der Waals surface area contributed by atoms with Gasteiger partial charge in [-0.05, 0) is 117 Å². The zero-order chi connectivity index (χ0) is 37.3. The van der Waals surface area contributed by atoms with Crippen LogP contribution in [0.25, 0.3) is 6.08 Å². The molecule has 272 valence electrons. The van der Waals surface area contributed by atoms with E-state index in [1.165, 1.54) is 6.08 Å². The Bertz CT molecular complexity index is 1780. The normalized spacial score (nSPS) is 12.6. The molecule has 4 aromatic carbocycles. The molecular formula is C42H44O10. The third-order valence-electron chi connectivity index (χ3n) is 8.31. The summed E-state index contributed by atoms with van der Waals surface area (Å²) in [6.07, 6.45) is 4.93. The number of benzene rings is 4. The van der Waals surface area contributed by atoms with E-state index in [4.69, 9.17) is 28.4 Å². The molecule has 0 aliphatic carbocycles. The van der Waals surface area contributed by atoms with E-state index in [9.17, 15) is 19.2 Å².